The van der Waals surface area contributed by atoms with Gasteiger partial charge >= 0.3 is 0 Å². The molecule has 1 atom stereocenters. The van der Waals surface area contributed by atoms with Crippen LogP contribution in [0.4, 0.5) is 0 Å². The molecular formula is C16H22N4O2S. The first-order chi connectivity index (χ1) is 11.4. The van der Waals surface area contributed by atoms with Crippen molar-refractivity contribution in [1.82, 2.24) is 20.0 Å². The number of ether oxygens (including phenoxy) is 1. The van der Waals surface area contributed by atoms with Crippen molar-refractivity contribution in [1.29, 1.82) is 0 Å². The number of piperazine rings is 1. The summed E-state index contributed by atoms with van der Waals surface area (Å²) >= 11 is 1.62. The van der Waals surface area contributed by atoms with E-state index in [-0.39, 0.29) is 0 Å². The first-order valence-corrected chi connectivity index (χ1v) is 9.17. The summed E-state index contributed by atoms with van der Waals surface area (Å²) in [7, 11) is 0. The summed E-state index contributed by atoms with van der Waals surface area (Å²) in [6.07, 6.45) is 2.88. The highest BCUT2D eigenvalue weighted by Crippen LogP contribution is 2.23. The van der Waals surface area contributed by atoms with Gasteiger partial charge in [0.05, 0.1) is 17.5 Å². The van der Waals surface area contributed by atoms with Crippen LogP contribution < -0.4 is 0 Å². The van der Waals surface area contributed by atoms with Gasteiger partial charge in [-0.15, -0.1) is 21.5 Å². The summed E-state index contributed by atoms with van der Waals surface area (Å²) in [4.78, 5) is 5.93. The molecule has 4 heterocycles. The van der Waals surface area contributed by atoms with Crippen LogP contribution in [0.5, 0.6) is 0 Å². The molecular weight excluding hydrogens is 312 g/mol. The van der Waals surface area contributed by atoms with E-state index in [4.69, 9.17) is 9.15 Å². The Labute approximate surface area is 140 Å². The Bertz CT molecular complexity index is 601. The SMILES string of the molecule is c1csc(-c2nnc(CN3CCN(C[C@@H]4CCCO4)CC3)o2)c1. The molecule has 0 bridgehead atoms. The first kappa shape index (κ1) is 15.3. The zero-order valence-corrected chi connectivity index (χ0v) is 14.0. The largest absolute Gasteiger partial charge is 0.419 e. The molecule has 2 aliphatic rings. The Morgan fingerprint density at radius 3 is 2.78 bits per heavy atom. The fourth-order valence-corrected chi connectivity index (χ4v) is 3.86. The van der Waals surface area contributed by atoms with Crippen molar-refractivity contribution >= 4 is 11.3 Å². The van der Waals surface area contributed by atoms with Crippen molar-refractivity contribution in [3.8, 4) is 10.8 Å². The highest BCUT2D eigenvalue weighted by molar-refractivity contribution is 7.13. The Kier molecular flexibility index (Phi) is 4.70. The zero-order chi connectivity index (χ0) is 15.5. The second-order valence-corrected chi connectivity index (χ2v) is 7.14. The van der Waals surface area contributed by atoms with E-state index in [2.05, 4.69) is 20.0 Å². The molecule has 4 rings (SSSR count). The zero-order valence-electron chi connectivity index (χ0n) is 13.2. The molecule has 7 heteroatoms. The normalized spacial score (nSPS) is 23.6. The van der Waals surface area contributed by atoms with Crippen LogP contribution in [0.2, 0.25) is 0 Å². The van der Waals surface area contributed by atoms with E-state index in [1.807, 2.05) is 17.5 Å². The molecule has 2 aromatic rings. The third-order valence-corrected chi connectivity index (χ3v) is 5.37. The van der Waals surface area contributed by atoms with Gasteiger partial charge in [-0.05, 0) is 24.3 Å². The second kappa shape index (κ2) is 7.09. The van der Waals surface area contributed by atoms with Gasteiger partial charge in [-0.3, -0.25) is 9.80 Å². The van der Waals surface area contributed by atoms with Crippen molar-refractivity contribution in [2.75, 3.05) is 39.3 Å². The van der Waals surface area contributed by atoms with Crippen molar-refractivity contribution < 1.29 is 9.15 Å². The maximum absolute atomic E-state index is 5.78. The van der Waals surface area contributed by atoms with E-state index in [0.717, 1.165) is 50.8 Å². The van der Waals surface area contributed by atoms with Crippen LogP contribution in [-0.2, 0) is 11.3 Å². The van der Waals surface area contributed by atoms with Gasteiger partial charge in [-0.25, -0.2) is 0 Å². The number of nitrogens with zero attached hydrogens (tertiary/aromatic N) is 4. The summed E-state index contributed by atoms with van der Waals surface area (Å²) in [5.74, 6) is 1.34. The van der Waals surface area contributed by atoms with Gasteiger partial charge in [0.15, 0.2) is 0 Å². The molecule has 124 valence electrons. The summed E-state index contributed by atoms with van der Waals surface area (Å²) in [6.45, 7) is 7.03. The highest BCUT2D eigenvalue weighted by atomic mass is 32.1. The number of aromatic nitrogens is 2. The van der Waals surface area contributed by atoms with Gasteiger partial charge in [0, 0.05) is 39.3 Å². The molecule has 0 amide bonds. The molecule has 2 saturated heterocycles. The molecule has 2 aromatic heterocycles. The average Bonchev–Trinajstić information content (AvgIpc) is 3.31. The maximum Gasteiger partial charge on any atom is 0.257 e. The first-order valence-electron chi connectivity index (χ1n) is 8.29. The summed E-state index contributed by atoms with van der Waals surface area (Å²) in [5.41, 5.74) is 0. The Balaban J connectivity index is 1.26. The fourth-order valence-electron chi connectivity index (χ4n) is 3.21. The minimum absolute atomic E-state index is 0.450. The summed E-state index contributed by atoms with van der Waals surface area (Å²) in [6, 6.07) is 4.00. The predicted molar refractivity (Wildman–Crippen MR) is 88.3 cm³/mol. The number of thiophene rings is 1. The fraction of sp³-hybridized carbons (Fsp3) is 0.625. The molecule has 0 radical (unpaired) electrons. The second-order valence-electron chi connectivity index (χ2n) is 6.19. The van der Waals surface area contributed by atoms with E-state index in [1.165, 1.54) is 12.8 Å². The molecule has 0 spiro atoms. The van der Waals surface area contributed by atoms with Crippen LogP contribution in [0, 0.1) is 0 Å². The van der Waals surface area contributed by atoms with E-state index >= 15 is 0 Å². The number of hydrogen-bond acceptors (Lipinski definition) is 7. The van der Waals surface area contributed by atoms with E-state index < -0.39 is 0 Å². The summed E-state index contributed by atoms with van der Waals surface area (Å²) in [5, 5.41) is 10.4. The van der Waals surface area contributed by atoms with Crippen LogP contribution in [0.15, 0.2) is 21.9 Å². The minimum atomic E-state index is 0.450. The lowest BCUT2D eigenvalue weighted by molar-refractivity contribution is 0.0472. The average molecular weight is 334 g/mol. The van der Waals surface area contributed by atoms with Gasteiger partial charge < -0.3 is 9.15 Å². The van der Waals surface area contributed by atoms with Gasteiger partial charge in [0.25, 0.3) is 5.89 Å². The minimum Gasteiger partial charge on any atom is -0.419 e. The molecule has 2 aliphatic heterocycles. The number of hydrogen-bond donors (Lipinski definition) is 0. The summed E-state index contributed by atoms with van der Waals surface area (Å²) < 4.78 is 11.5. The van der Waals surface area contributed by atoms with Crippen molar-refractivity contribution in [2.24, 2.45) is 0 Å². The van der Waals surface area contributed by atoms with E-state index in [9.17, 15) is 0 Å². The molecule has 2 fully saturated rings. The number of rotatable bonds is 5. The lowest BCUT2D eigenvalue weighted by Gasteiger charge is -2.34. The van der Waals surface area contributed by atoms with Gasteiger partial charge in [-0.2, -0.15) is 0 Å². The third kappa shape index (κ3) is 3.80. The molecule has 0 N–H and O–H groups in total. The molecule has 0 unspecified atom stereocenters. The van der Waals surface area contributed by atoms with Gasteiger partial charge in [-0.1, -0.05) is 6.07 Å². The molecule has 0 aromatic carbocycles. The lowest BCUT2D eigenvalue weighted by atomic mass is 10.2. The molecule has 6 nitrogen and oxygen atoms in total. The Morgan fingerprint density at radius 2 is 2.04 bits per heavy atom. The molecule has 0 aliphatic carbocycles. The molecule has 23 heavy (non-hydrogen) atoms. The lowest BCUT2D eigenvalue weighted by Crippen LogP contribution is -2.48. The molecule has 0 saturated carbocycles. The topological polar surface area (TPSA) is 54.6 Å². The van der Waals surface area contributed by atoms with Gasteiger partial charge in [0.2, 0.25) is 5.89 Å². The monoisotopic (exact) mass is 334 g/mol. The van der Waals surface area contributed by atoms with Crippen LogP contribution in [0.1, 0.15) is 18.7 Å². The van der Waals surface area contributed by atoms with E-state index in [0.29, 0.717) is 17.9 Å². The highest BCUT2D eigenvalue weighted by Gasteiger charge is 2.23. The Hall–Kier alpha value is -1.28. The van der Waals surface area contributed by atoms with Crippen LogP contribution in [-0.4, -0.2) is 65.4 Å². The van der Waals surface area contributed by atoms with E-state index in [1.54, 1.807) is 11.3 Å². The smallest absolute Gasteiger partial charge is 0.257 e. The Morgan fingerprint density at radius 1 is 1.17 bits per heavy atom. The predicted octanol–water partition coefficient (Wildman–Crippen LogP) is 2.09. The third-order valence-electron chi connectivity index (χ3n) is 4.51. The van der Waals surface area contributed by atoms with Crippen molar-refractivity contribution in [3.05, 3.63) is 23.4 Å². The van der Waals surface area contributed by atoms with Gasteiger partial charge in [0.1, 0.15) is 0 Å². The van der Waals surface area contributed by atoms with Crippen LogP contribution >= 0.6 is 11.3 Å². The van der Waals surface area contributed by atoms with Crippen LogP contribution in [0.3, 0.4) is 0 Å². The van der Waals surface area contributed by atoms with Crippen LogP contribution in [0.25, 0.3) is 10.8 Å². The van der Waals surface area contributed by atoms with Crippen molar-refractivity contribution in [2.45, 2.75) is 25.5 Å². The van der Waals surface area contributed by atoms with Crippen molar-refractivity contribution in [3.63, 3.8) is 0 Å². The maximum atomic E-state index is 5.78. The quantitative estimate of drug-likeness (QED) is 0.835. The standard InChI is InChI=1S/C16H22N4O2S/c1-3-13(21-9-1)11-19-5-7-20(8-6-19)12-15-17-18-16(22-15)14-4-2-10-23-14/h2,4,10,13H,1,3,5-9,11-12H2/t13-/m0/s1.